The van der Waals surface area contributed by atoms with E-state index in [1.165, 1.54) is 29.2 Å². The molecule has 1 unspecified atom stereocenters. The van der Waals surface area contributed by atoms with E-state index in [1.807, 2.05) is 0 Å². The highest BCUT2D eigenvalue weighted by molar-refractivity contribution is 5.88. The molecule has 0 saturated carbocycles. The maximum absolute atomic E-state index is 13.9. The van der Waals surface area contributed by atoms with Crippen LogP contribution in [0.1, 0.15) is 18.1 Å². The molecule has 0 aliphatic carbocycles. The number of amides is 1. The molecule has 0 bridgehead atoms. The summed E-state index contributed by atoms with van der Waals surface area (Å²) in [6.45, 7) is 1.43. The second kappa shape index (κ2) is 9.30. The Morgan fingerprint density at radius 1 is 1.07 bits per heavy atom. The molecule has 3 heterocycles. The Kier molecular flexibility index (Phi) is 5.95. The Bertz CT molecular complexity index is 1880. The number of aliphatic hydroxyl groups excluding tert-OH is 1. The molecule has 5 aromatic rings. The van der Waals surface area contributed by atoms with E-state index in [1.54, 1.807) is 42.5 Å². The highest BCUT2D eigenvalue weighted by atomic mass is 19.4. The number of halogens is 3. The molecule has 212 valence electrons. The van der Waals surface area contributed by atoms with E-state index < -0.39 is 35.7 Å². The number of aromatic nitrogens is 3. The number of cyclic esters (lactones) is 1. The fraction of sp³-hybridized carbons (Fsp3) is 0.222. The average molecular weight is 570 g/mol. The number of carbonyl (C=O) groups excluding carboxylic acids is 1. The van der Waals surface area contributed by atoms with E-state index in [0.717, 1.165) is 12.1 Å². The minimum absolute atomic E-state index is 0.0944. The first-order valence-electron chi connectivity index (χ1n) is 12.2. The largest absolute Gasteiger partial charge is 0.573 e. The molecule has 1 saturated heterocycles. The van der Waals surface area contributed by atoms with E-state index in [4.69, 9.17) is 14.0 Å². The summed E-state index contributed by atoms with van der Waals surface area (Å²) in [4.78, 5) is 25.6. The lowest BCUT2D eigenvalue weighted by Crippen LogP contribution is -2.38. The van der Waals surface area contributed by atoms with Crippen molar-refractivity contribution in [3.05, 3.63) is 82.3 Å². The molecule has 3 aromatic carbocycles. The zero-order valence-electron chi connectivity index (χ0n) is 21.4. The number of alkyl carbamates (subject to hydrolysis) is 1. The number of hydrogen-bond donors (Lipinski definition) is 2. The minimum Gasteiger partial charge on any atom is -0.497 e. The smallest absolute Gasteiger partial charge is 0.497 e. The van der Waals surface area contributed by atoms with Crippen LogP contribution in [0, 0.1) is 0 Å². The van der Waals surface area contributed by atoms with Gasteiger partial charge in [0, 0.05) is 17.7 Å². The van der Waals surface area contributed by atoms with Crippen LogP contribution in [-0.4, -0.2) is 45.2 Å². The number of aliphatic hydroxyl groups is 1. The van der Waals surface area contributed by atoms with Gasteiger partial charge in [-0.25, -0.2) is 14.2 Å². The lowest BCUT2D eigenvalue weighted by Gasteiger charge is -2.25. The molecule has 1 aliphatic heterocycles. The standard InChI is InChI=1S/C27H21F3N4O7/c1-26(23(35)31-24(36)40-26)15-5-3-4-14(10-15)13-33-20-11-17(39-27(28,29)30)7-9-19(20)34(25(33)37)22-18-8-6-16(38-2)12-21(18)41-32-22/h3-12,23,35H,13H2,1-2H3,(H,31,36)/t23?,26-/m1/s1. The second-order valence-corrected chi connectivity index (χ2v) is 9.51. The first kappa shape index (κ1) is 26.3. The van der Waals surface area contributed by atoms with Crippen molar-refractivity contribution in [2.45, 2.75) is 31.7 Å². The van der Waals surface area contributed by atoms with Crippen molar-refractivity contribution in [1.29, 1.82) is 0 Å². The van der Waals surface area contributed by atoms with E-state index >= 15 is 0 Å². The monoisotopic (exact) mass is 570 g/mol. The van der Waals surface area contributed by atoms with Crippen molar-refractivity contribution in [3.8, 4) is 17.3 Å². The zero-order chi connectivity index (χ0) is 29.1. The summed E-state index contributed by atoms with van der Waals surface area (Å²) in [6.07, 6.45) is -7.06. The summed E-state index contributed by atoms with van der Waals surface area (Å²) in [5.74, 6) is 0.124. The summed E-state index contributed by atoms with van der Waals surface area (Å²) in [7, 11) is 1.49. The van der Waals surface area contributed by atoms with Gasteiger partial charge in [-0.2, -0.15) is 0 Å². The van der Waals surface area contributed by atoms with Crippen molar-refractivity contribution in [3.63, 3.8) is 0 Å². The molecule has 2 aromatic heterocycles. The number of hydrogen-bond acceptors (Lipinski definition) is 8. The zero-order valence-corrected chi connectivity index (χ0v) is 21.4. The van der Waals surface area contributed by atoms with Crippen LogP contribution in [0.5, 0.6) is 11.5 Å². The Morgan fingerprint density at radius 3 is 2.56 bits per heavy atom. The SMILES string of the molecule is COc1ccc2c(-n3c(=O)n(Cc4cccc([C@@]5(C)OC(=O)NC5O)c4)c4cc(OC(F)(F)F)ccc43)noc2c1. The Balaban J connectivity index is 1.50. The van der Waals surface area contributed by atoms with Gasteiger partial charge in [-0.1, -0.05) is 23.4 Å². The van der Waals surface area contributed by atoms with Crippen molar-refractivity contribution < 1.29 is 41.8 Å². The summed E-state index contributed by atoms with van der Waals surface area (Å²) in [6, 6.07) is 15.1. The van der Waals surface area contributed by atoms with Gasteiger partial charge in [0.2, 0.25) is 0 Å². The number of imidazole rings is 1. The summed E-state index contributed by atoms with van der Waals surface area (Å²) < 4.78 is 61.6. The number of nitrogens with one attached hydrogen (secondary N) is 1. The van der Waals surface area contributed by atoms with Gasteiger partial charge in [0.25, 0.3) is 0 Å². The van der Waals surface area contributed by atoms with Crippen LogP contribution >= 0.6 is 0 Å². The molecule has 1 aliphatic rings. The molecule has 0 spiro atoms. The Morgan fingerprint density at radius 2 is 1.85 bits per heavy atom. The van der Waals surface area contributed by atoms with Crippen LogP contribution in [-0.2, 0) is 16.9 Å². The van der Waals surface area contributed by atoms with Gasteiger partial charge in [-0.3, -0.25) is 9.88 Å². The van der Waals surface area contributed by atoms with Crippen molar-refractivity contribution in [2.24, 2.45) is 0 Å². The van der Waals surface area contributed by atoms with E-state index in [2.05, 4.69) is 15.2 Å². The van der Waals surface area contributed by atoms with Gasteiger partial charge in [0.05, 0.1) is 30.1 Å². The number of ether oxygens (including phenoxy) is 3. The predicted octanol–water partition coefficient (Wildman–Crippen LogP) is 4.16. The predicted molar refractivity (Wildman–Crippen MR) is 137 cm³/mol. The highest BCUT2D eigenvalue weighted by Gasteiger charge is 2.46. The quantitative estimate of drug-likeness (QED) is 0.311. The maximum Gasteiger partial charge on any atom is 0.573 e. The lowest BCUT2D eigenvalue weighted by atomic mass is 9.93. The summed E-state index contributed by atoms with van der Waals surface area (Å²) in [5, 5.41) is 17.2. The van der Waals surface area contributed by atoms with Gasteiger partial charge in [-0.05, 0) is 42.8 Å². The molecule has 41 heavy (non-hydrogen) atoms. The maximum atomic E-state index is 13.9. The van der Waals surface area contributed by atoms with E-state index in [9.17, 15) is 27.9 Å². The fourth-order valence-electron chi connectivity index (χ4n) is 4.89. The summed E-state index contributed by atoms with van der Waals surface area (Å²) in [5.41, 5.74) is -0.313. The van der Waals surface area contributed by atoms with Crippen LogP contribution in [0.4, 0.5) is 18.0 Å². The second-order valence-electron chi connectivity index (χ2n) is 9.51. The molecule has 1 fully saturated rings. The molecule has 14 heteroatoms. The molecule has 2 atom stereocenters. The van der Waals surface area contributed by atoms with Crippen LogP contribution in [0.25, 0.3) is 27.8 Å². The topological polar surface area (TPSA) is 130 Å². The van der Waals surface area contributed by atoms with Gasteiger partial charge >= 0.3 is 18.1 Å². The van der Waals surface area contributed by atoms with Crippen molar-refractivity contribution in [2.75, 3.05) is 7.11 Å². The first-order valence-corrected chi connectivity index (χ1v) is 12.2. The van der Waals surface area contributed by atoms with E-state index in [-0.39, 0.29) is 23.4 Å². The molecule has 11 nitrogen and oxygen atoms in total. The molecule has 0 radical (unpaired) electrons. The van der Waals surface area contributed by atoms with E-state index in [0.29, 0.717) is 27.8 Å². The molecular formula is C27H21F3N4O7. The number of nitrogens with zero attached hydrogens (tertiary/aromatic N) is 3. The Labute approximate surface area is 228 Å². The van der Waals surface area contributed by atoms with Crippen molar-refractivity contribution >= 4 is 28.1 Å². The van der Waals surface area contributed by atoms with Crippen LogP contribution < -0.4 is 20.5 Å². The molecular weight excluding hydrogens is 549 g/mol. The fourth-order valence-corrected chi connectivity index (χ4v) is 4.89. The van der Waals surface area contributed by atoms with Gasteiger partial charge in [0.15, 0.2) is 23.2 Å². The molecule has 6 rings (SSSR count). The third-order valence-corrected chi connectivity index (χ3v) is 6.93. The average Bonchev–Trinajstić information content (AvgIpc) is 3.54. The number of fused-ring (bicyclic) bond motifs is 2. The first-order chi connectivity index (χ1) is 19.5. The van der Waals surface area contributed by atoms with Gasteiger partial charge in [0.1, 0.15) is 11.5 Å². The Hall–Kier alpha value is -4.98. The van der Waals surface area contributed by atoms with Crippen molar-refractivity contribution in [1.82, 2.24) is 19.6 Å². The number of benzene rings is 3. The number of rotatable bonds is 6. The normalized spacial score (nSPS) is 19.0. The third-order valence-electron chi connectivity index (χ3n) is 6.93. The van der Waals surface area contributed by atoms with Crippen LogP contribution in [0.3, 0.4) is 0 Å². The third kappa shape index (κ3) is 4.51. The minimum atomic E-state index is -4.94. The lowest BCUT2D eigenvalue weighted by molar-refractivity contribution is -0.274. The van der Waals surface area contributed by atoms with Crippen LogP contribution in [0.15, 0.2) is 70.0 Å². The number of alkyl halides is 3. The number of methoxy groups -OCH3 is 1. The molecule has 2 N–H and O–H groups in total. The van der Waals surface area contributed by atoms with Gasteiger partial charge < -0.3 is 23.8 Å². The summed E-state index contributed by atoms with van der Waals surface area (Å²) >= 11 is 0. The highest BCUT2D eigenvalue weighted by Crippen LogP contribution is 2.34. The number of carbonyl (C=O) groups is 1. The van der Waals surface area contributed by atoms with Gasteiger partial charge in [-0.15, -0.1) is 13.2 Å². The molecule has 1 amide bonds. The van der Waals surface area contributed by atoms with Crippen LogP contribution in [0.2, 0.25) is 0 Å².